The van der Waals surface area contributed by atoms with E-state index in [2.05, 4.69) is 5.32 Å². The van der Waals surface area contributed by atoms with Gasteiger partial charge in [-0.15, -0.1) is 0 Å². The summed E-state index contributed by atoms with van der Waals surface area (Å²) in [7, 11) is -3.27. The summed E-state index contributed by atoms with van der Waals surface area (Å²) in [6.07, 6.45) is 0.583. The maximum Gasteiger partial charge on any atom is 0.325 e. The fourth-order valence-corrected chi connectivity index (χ4v) is 3.88. The van der Waals surface area contributed by atoms with Crippen LogP contribution in [0.5, 0.6) is 0 Å². The van der Waals surface area contributed by atoms with Crippen molar-refractivity contribution in [2.45, 2.75) is 26.3 Å². The minimum Gasteiger partial charge on any atom is -0.480 e. The number of nitrogens with zero attached hydrogens (tertiary/aromatic N) is 1. The second-order valence-electron chi connectivity index (χ2n) is 5.27. The van der Waals surface area contributed by atoms with E-state index in [1.165, 1.54) is 17.3 Å². The molecule has 8 heteroatoms. The second kappa shape index (κ2) is 5.96. The van der Waals surface area contributed by atoms with Gasteiger partial charge < -0.3 is 10.4 Å². The lowest BCUT2D eigenvalue weighted by Crippen LogP contribution is -2.38. The molecule has 0 aliphatic carbocycles. The number of aliphatic carboxylic acids is 1. The van der Waals surface area contributed by atoms with Gasteiger partial charge in [-0.1, -0.05) is 0 Å². The molecule has 1 saturated heterocycles. The molecule has 1 atom stereocenters. The molecule has 1 aliphatic rings. The molecule has 0 saturated carbocycles. The first-order valence-electron chi connectivity index (χ1n) is 6.87. The van der Waals surface area contributed by atoms with Crippen molar-refractivity contribution in [2.75, 3.05) is 16.6 Å². The maximum absolute atomic E-state index is 12.0. The van der Waals surface area contributed by atoms with Crippen LogP contribution in [0.15, 0.2) is 18.2 Å². The van der Waals surface area contributed by atoms with Gasteiger partial charge in [-0.05, 0) is 44.0 Å². The first-order valence-corrected chi connectivity index (χ1v) is 8.48. The molecule has 0 bridgehead atoms. The molecule has 0 radical (unpaired) electrons. The number of benzene rings is 1. The Balaban J connectivity index is 2.23. The lowest BCUT2D eigenvalue weighted by Gasteiger charge is -2.18. The van der Waals surface area contributed by atoms with Crippen LogP contribution < -0.4 is 9.62 Å². The quantitative estimate of drug-likeness (QED) is 0.849. The Hall–Kier alpha value is -2.09. The van der Waals surface area contributed by atoms with Gasteiger partial charge in [0.05, 0.1) is 11.4 Å². The molecule has 1 aromatic carbocycles. The van der Waals surface area contributed by atoms with Gasteiger partial charge in [0.15, 0.2) is 0 Å². The number of rotatable bonds is 4. The summed E-state index contributed by atoms with van der Waals surface area (Å²) in [5.41, 5.74) is 1.45. The highest BCUT2D eigenvalue weighted by Crippen LogP contribution is 2.26. The van der Waals surface area contributed by atoms with Crippen LogP contribution in [-0.4, -0.2) is 43.7 Å². The molecule has 120 valence electrons. The number of carboxylic acids is 1. The van der Waals surface area contributed by atoms with E-state index in [9.17, 15) is 18.0 Å². The number of carboxylic acid groups (broad SMARTS) is 1. The van der Waals surface area contributed by atoms with Crippen molar-refractivity contribution < 1.29 is 23.1 Å². The summed E-state index contributed by atoms with van der Waals surface area (Å²) in [5.74, 6) is -1.49. The van der Waals surface area contributed by atoms with E-state index in [4.69, 9.17) is 5.11 Å². The number of sulfonamides is 1. The molecule has 0 aromatic heterocycles. The predicted molar refractivity (Wildman–Crippen MR) is 81.5 cm³/mol. The van der Waals surface area contributed by atoms with E-state index in [0.717, 1.165) is 0 Å². The molecule has 22 heavy (non-hydrogen) atoms. The number of carbonyl (C=O) groups is 2. The van der Waals surface area contributed by atoms with E-state index in [0.29, 0.717) is 29.8 Å². The van der Waals surface area contributed by atoms with Crippen LogP contribution in [0.2, 0.25) is 0 Å². The number of aryl methyl sites for hydroxylation is 1. The number of amides is 1. The van der Waals surface area contributed by atoms with Crippen molar-refractivity contribution >= 4 is 27.6 Å². The van der Waals surface area contributed by atoms with E-state index < -0.39 is 27.9 Å². The van der Waals surface area contributed by atoms with Gasteiger partial charge in [0.1, 0.15) is 6.04 Å². The van der Waals surface area contributed by atoms with Crippen LogP contribution in [0.25, 0.3) is 0 Å². The van der Waals surface area contributed by atoms with Crippen LogP contribution in [0.1, 0.15) is 29.3 Å². The van der Waals surface area contributed by atoms with Crippen molar-refractivity contribution in [1.29, 1.82) is 0 Å². The van der Waals surface area contributed by atoms with Gasteiger partial charge in [0, 0.05) is 12.1 Å². The Morgan fingerprint density at radius 2 is 2.05 bits per heavy atom. The first-order chi connectivity index (χ1) is 10.2. The third-order valence-corrected chi connectivity index (χ3v) is 5.43. The molecule has 0 unspecified atom stereocenters. The Kier molecular flexibility index (Phi) is 4.41. The fourth-order valence-electron chi connectivity index (χ4n) is 2.32. The lowest BCUT2D eigenvalue weighted by atomic mass is 10.1. The van der Waals surface area contributed by atoms with Gasteiger partial charge >= 0.3 is 5.97 Å². The Morgan fingerprint density at radius 3 is 2.55 bits per heavy atom. The zero-order chi connectivity index (χ0) is 16.5. The number of hydrogen-bond donors (Lipinski definition) is 2. The average Bonchev–Trinajstić information content (AvgIpc) is 2.77. The third kappa shape index (κ3) is 3.22. The molecular weight excluding hydrogens is 308 g/mol. The average molecular weight is 326 g/mol. The molecule has 1 amide bonds. The molecular formula is C14H18N2O5S. The fraction of sp³-hybridized carbons (Fsp3) is 0.429. The van der Waals surface area contributed by atoms with E-state index in [1.807, 2.05) is 0 Å². The summed E-state index contributed by atoms with van der Waals surface area (Å²) in [4.78, 5) is 22.8. The summed E-state index contributed by atoms with van der Waals surface area (Å²) < 4.78 is 25.1. The van der Waals surface area contributed by atoms with Crippen LogP contribution in [0.3, 0.4) is 0 Å². The van der Waals surface area contributed by atoms with E-state index >= 15 is 0 Å². The van der Waals surface area contributed by atoms with Gasteiger partial charge in [-0.25, -0.2) is 8.42 Å². The first kappa shape index (κ1) is 16.3. The monoisotopic (exact) mass is 326 g/mol. The number of carbonyl (C=O) groups excluding carboxylic acids is 1. The van der Waals surface area contributed by atoms with Crippen molar-refractivity contribution in [3.8, 4) is 0 Å². The summed E-state index contributed by atoms with van der Waals surface area (Å²) in [5, 5.41) is 11.2. The molecule has 1 heterocycles. The lowest BCUT2D eigenvalue weighted by molar-refractivity contribution is -0.138. The largest absolute Gasteiger partial charge is 0.480 e. The molecule has 1 aromatic rings. The second-order valence-corrected chi connectivity index (χ2v) is 7.29. The minimum atomic E-state index is -3.27. The summed E-state index contributed by atoms with van der Waals surface area (Å²) in [6.45, 7) is 3.50. The highest BCUT2D eigenvalue weighted by atomic mass is 32.2. The number of nitrogens with one attached hydrogen (secondary N) is 1. The van der Waals surface area contributed by atoms with Gasteiger partial charge in [-0.3, -0.25) is 13.9 Å². The zero-order valence-electron chi connectivity index (χ0n) is 12.4. The highest BCUT2D eigenvalue weighted by Gasteiger charge is 2.29. The molecule has 1 fully saturated rings. The van der Waals surface area contributed by atoms with E-state index in [1.54, 1.807) is 19.1 Å². The summed E-state index contributed by atoms with van der Waals surface area (Å²) >= 11 is 0. The molecule has 7 nitrogen and oxygen atoms in total. The predicted octanol–water partition coefficient (Wildman–Crippen LogP) is 0.738. The van der Waals surface area contributed by atoms with E-state index in [-0.39, 0.29) is 5.75 Å². The van der Waals surface area contributed by atoms with Crippen LogP contribution in [0.4, 0.5) is 5.69 Å². The number of hydrogen-bond acceptors (Lipinski definition) is 4. The smallest absolute Gasteiger partial charge is 0.325 e. The standard InChI is InChI=1S/C14H18N2O5S/c1-9-8-11(16-6-3-7-22(16,20)21)4-5-12(9)13(17)15-10(2)14(18)19/h4-5,8,10H,3,6-7H2,1-2H3,(H,15,17)(H,18,19)/t10-/m1/s1. The van der Waals surface area contributed by atoms with Gasteiger partial charge in [0.2, 0.25) is 10.0 Å². The van der Waals surface area contributed by atoms with Crippen molar-refractivity contribution in [3.05, 3.63) is 29.3 Å². The van der Waals surface area contributed by atoms with Gasteiger partial charge in [-0.2, -0.15) is 0 Å². The Morgan fingerprint density at radius 1 is 1.36 bits per heavy atom. The van der Waals surface area contributed by atoms with Crippen LogP contribution in [-0.2, 0) is 14.8 Å². The zero-order valence-corrected chi connectivity index (χ0v) is 13.2. The SMILES string of the molecule is Cc1cc(N2CCCS2(=O)=O)ccc1C(=O)N[C@H](C)C(=O)O. The number of anilines is 1. The third-order valence-electron chi connectivity index (χ3n) is 3.56. The molecule has 2 rings (SSSR count). The topological polar surface area (TPSA) is 104 Å². The van der Waals surface area contributed by atoms with Gasteiger partial charge in [0.25, 0.3) is 5.91 Å². The van der Waals surface area contributed by atoms with Crippen LogP contribution >= 0.6 is 0 Å². The molecule has 2 N–H and O–H groups in total. The Bertz CT molecular complexity index is 714. The normalized spacial score (nSPS) is 18.0. The highest BCUT2D eigenvalue weighted by molar-refractivity contribution is 7.93. The van der Waals surface area contributed by atoms with Crippen molar-refractivity contribution in [1.82, 2.24) is 5.32 Å². The summed E-state index contributed by atoms with van der Waals surface area (Å²) in [6, 6.07) is 3.72. The maximum atomic E-state index is 12.0. The molecule has 0 spiro atoms. The minimum absolute atomic E-state index is 0.129. The molecule has 1 aliphatic heterocycles. The van der Waals surface area contributed by atoms with Crippen LogP contribution in [0, 0.1) is 6.92 Å². The Labute approximate surface area is 129 Å². The van der Waals surface area contributed by atoms with Crippen molar-refractivity contribution in [2.24, 2.45) is 0 Å². The van der Waals surface area contributed by atoms with Crippen molar-refractivity contribution in [3.63, 3.8) is 0 Å².